The van der Waals surface area contributed by atoms with Gasteiger partial charge in [-0.15, -0.1) is 0 Å². The first-order chi connectivity index (χ1) is 21.6. The molecule has 14 heteroatoms. The van der Waals surface area contributed by atoms with Crippen LogP contribution in [0, 0.1) is 0 Å². The number of benzene rings is 2. The van der Waals surface area contributed by atoms with Gasteiger partial charge in [0.1, 0.15) is 5.69 Å². The number of likely N-dealkylation sites (tertiary alicyclic amines) is 1. The third-order valence-electron chi connectivity index (χ3n) is 8.70. The van der Waals surface area contributed by atoms with Crippen LogP contribution in [0.15, 0.2) is 18.2 Å². The van der Waals surface area contributed by atoms with E-state index in [1.807, 2.05) is 0 Å². The van der Waals surface area contributed by atoms with Crippen molar-refractivity contribution in [2.75, 3.05) is 63.6 Å². The predicted octanol–water partition coefficient (Wildman–Crippen LogP) is 4.47. The zero-order valence-electron chi connectivity index (χ0n) is 25.5. The fourth-order valence-corrected chi connectivity index (χ4v) is 6.96. The summed E-state index contributed by atoms with van der Waals surface area (Å²) in [6.45, 7) is 2.75. The second-order valence-corrected chi connectivity index (χ2v) is 11.9. The molecule has 3 aromatic rings. The molecule has 0 radical (unpaired) electrons. The van der Waals surface area contributed by atoms with Crippen molar-refractivity contribution in [2.45, 2.75) is 31.2 Å². The van der Waals surface area contributed by atoms with E-state index in [-0.39, 0.29) is 41.1 Å². The molecule has 0 aliphatic carbocycles. The highest BCUT2D eigenvalue weighted by atomic mass is 79.9. The molecule has 0 unspecified atom stereocenters. The van der Waals surface area contributed by atoms with Gasteiger partial charge in [0.15, 0.2) is 22.8 Å². The highest BCUT2D eigenvalue weighted by molar-refractivity contribution is 9.09. The molecule has 0 saturated carbocycles. The van der Waals surface area contributed by atoms with Crippen LogP contribution in [0.4, 0.5) is 16.2 Å². The number of carbonyl (C=O) groups is 4. The number of carbonyl (C=O) groups excluding carboxylic acids is 4. The molecule has 2 amide bonds. The zero-order chi connectivity index (χ0) is 32.2. The highest BCUT2D eigenvalue weighted by Gasteiger charge is 2.53. The number of ether oxygens (including phenoxy) is 5. The molecule has 2 N–H and O–H groups in total. The van der Waals surface area contributed by atoms with Crippen LogP contribution in [-0.4, -0.2) is 92.6 Å². The quantitative estimate of drug-likeness (QED) is 0.207. The van der Waals surface area contributed by atoms with Crippen molar-refractivity contribution >= 4 is 62.0 Å². The number of nitrogens with zero attached hydrogens (tertiary/aromatic N) is 2. The molecule has 2 aromatic carbocycles. The van der Waals surface area contributed by atoms with Crippen molar-refractivity contribution in [1.29, 1.82) is 0 Å². The predicted molar refractivity (Wildman–Crippen MR) is 168 cm³/mol. The number of Topliss-reactive ketones (excluding diaryl/α,β-unsaturated/α-hetero) is 1. The molecule has 45 heavy (non-hydrogen) atoms. The van der Waals surface area contributed by atoms with Crippen molar-refractivity contribution in [3.05, 3.63) is 35.0 Å². The lowest BCUT2D eigenvalue weighted by Crippen LogP contribution is -2.47. The maximum atomic E-state index is 14.2. The van der Waals surface area contributed by atoms with Gasteiger partial charge in [-0.2, -0.15) is 0 Å². The van der Waals surface area contributed by atoms with E-state index in [2.05, 4.69) is 26.2 Å². The van der Waals surface area contributed by atoms with Crippen LogP contribution in [0.2, 0.25) is 0 Å². The zero-order valence-corrected chi connectivity index (χ0v) is 27.1. The van der Waals surface area contributed by atoms with Crippen LogP contribution in [-0.2, 0) is 9.53 Å². The lowest BCUT2D eigenvalue weighted by Gasteiger charge is -2.21. The number of aromatic nitrogens is 1. The Kier molecular flexibility index (Phi) is 7.79. The molecule has 6 rings (SSSR count). The molecule has 3 aliphatic heterocycles. The average molecular weight is 686 g/mol. The van der Waals surface area contributed by atoms with Gasteiger partial charge < -0.3 is 43.8 Å². The maximum absolute atomic E-state index is 14.2. The van der Waals surface area contributed by atoms with Crippen molar-refractivity contribution in [3.8, 4) is 23.0 Å². The second kappa shape index (κ2) is 11.5. The van der Waals surface area contributed by atoms with Crippen LogP contribution in [0.1, 0.15) is 52.1 Å². The van der Waals surface area contributed by atoms with E-state index < -0.39 is 23.4 Å². The highest BCUT2D eigenvalue weighted by Crippen LogP contribution is 2.52. The van der Waals surface area contributed by atoms with Crippen molar-refractivity contribution in [3.63, 3.8) is 0 Å². The number of hydrogen-bond acceptors (Lipinski definition) is 10. The molecule has 1 fully saturated rings. The lowest BCUT2D eigenvalue weighted by molar-refractivity contribution is -0.143. The number of aromatic amines is 1. The van der Waals surface area contributed by atoms with Crippen LogP contribution in [0.5, 0.6) is 23.0 Å². The number of fused-ring (bicyclic) bond motifs is 4. The van der Waals surface area contributed by atoms with Gasteiger partial charge in [-0.3, -0.25) is 9.59 Å². The minimum absolute atomic E-state index is 0.0439. The number of nitrogens with one attached hydrogen (secondary N) is 2. The van der Waals surface area contributed by atoms with E-state index in [1.54, 1.807) is 28.0 Å². The molecule has 4 heterocycles. The molecule has 1 aromatic heterocycles. The number of amides is 2. The van der Waals surface area contributed by atoms with E-state index >= 15 is 0 Å². The molecular weight excluding hydrogens is 652 g/mol. The fourth-order valence-electron chi connectivity index (χ4n) is 6.43. The molecule has 0 bridgehead atoms. The lowest BCUT2D eigenvalue weighted by atomic mass is 9.89. The van der Waals surface area contributed by atoms with Gasteiger partial charge in [-0.1, -0.05) is 15.9 Å². The molecular formula is C31H33BrN4O9. The summed E-state index contributed by atoms with van der Waals surface area (Å²) in [5.74, 6) is -0.791. The van der Waals surface area contributed by atoms with Crippen LogP contribution < -0.4 is 29.2 Å². The molecule has 2 atom stereocenters. The Morgan fingerprint density at radius 1 is 1.00 bits per heavy atom. The summed E-state index contributed by atoms with van der Waals surface area (Å²) in [6, 6.07) is 5.01. The Labute approximate surface area is 267 Å². The number of methoxy groups -OCH3 is 4. The minimum Gasteiger partial charge on any atom is -0.493 e. The number of rotatable bonds is 7. The summed E-state index contributed by atoms with van der Waals surface area (Å²) in [6.07, 6.45) is 1.14. The molecule has 1 saturated heterocycles. The van der Waals surface area contributed by atoms with Gasteiger partial charge in [0.25, 0.3) is 5.91 Å². The van der Waals surface area contributed by atoms with E-state index in [0.29, 0.717) is 57.8 Å². The molecule has 0 spiro atoms. The number of ketones is 1. The normalized spacial score (nSPS) is 20.1. The first-order valence-corrected chi connectivity index (χ1v) is 15.5. The first kappa shape index (κ1) is 30.6. The van der Waals surface area contributed by atoms with E-state index in [1.165, 1.54) is 35.4 Å². The van der Waals surface area contributed by atoms with Gasteiger partial charge in [0.05, 0.1) is 50.9 Å². The monoisotopic (exact) mass is 684 g/mol. The third-order valence-corrected chi connectivity index (χ3v) is 9.49. The third kappa shape index (κ3) is 4.64. The molecule has 13 nitrogen and oxygen atoms in total. The number of hydrogen-bond donors (Lipinski definition) is 2. The van der Waals surface area contributed by atoms with Crippen molar-refractivity contribution in [1.82, 2.24) is 9.88 Å². The minimum atomic E-state index is -1.75. The SMILES string of the molecule is COC(=O)[C@]1(C)Nc2c(OC(=O)N3CCCC3)cc3c(c2C1=O)[C@H](CBr)CN3C(=O)c1cc2cc(OC)c(OC)c(OC)c2[nH]1. The summed E-state index contributed by atoms with van der Waals surface area (Å²) in [4.78, 5) is 60.6. The standard InChI is InChI=1S/C31H33BrN4O9/c1-31(29(39)44-5)27(37)22-21-16(13-32)14-36(18(21)12-19(24(22)34-31)45-30(40)35-8-6-7-9-35)28(38)17-10-15-11-20(41-2)25(42-3)26(43-4)23(15)33-17/h10-12,16,33-34H,6-9,13-14H2,1-5H3/t16-,31-/m1/s1. The molecule has 3 aliphatic rings. The first-order valence-electron chi connectivity index (χ1n) is 14.4. The number of halogens is 1. The Morgan fingerprint density at radius 2 is 1.71 bits per heavy atom. The van der Waals surface area contributed by atoms with Crippen LogP contribution in [0.25, 0.3) is 10.9 Å². The van der Waals surface area contributed by atoms with Crippen LogP contribution in [0.3, 0.4) is 0 Å². The smallest absolute Gasteiger partial charge is 0.415 e. The Morgan fingerprint density at radius 3 is 2.33 bits per heavy atom. The summed E-state index contributed by atoms with van der Waals surface area (Å²) in [5.41, 5.74) is 0.417. The second-order valence-electron chi connectivity index (χ2n) is 11.2. The Bertz CT molecular complexity index is 1750. The Hall–Kier alpha value is -4.46. The van der Waals surface area contributed by atoms with E-state index in [4.69, 9.17) is 23.7 Å². The van der Waals surface area contributed by atoms with Crippen molar-refractivity contribution < 1.29 is 42.9 Å². The Balaban J connectivity index is 1.48. The summed E-state index contributed by atoms with van der Waals surface area (Å²) in [5, 5.41) is 4.07. The fraction of sp³-hybridized carbons (Fsp3) is 0.419. The van der Waals surface area contributed by atoms with Crippen molar-refractivity contribution in [2.24, 2.45) is 0 Å². The summed E-state index contributed by atoms with van der Waals surface area (Å²) < 4.78 is 27.4. The topological polar surface area (TPSA) is 149 Å². The summed E-state index contributed by atoms with van der Waals surface area (Å²) >= 11 is 3.56. The van der Waals surface area contributed by atoms with Gasteiger partial charge in [0.2, 0.25) is 11.5 Å². The van der Waals surface area contributed by atoms with E-state index in [9.17, 15) is 19.2 Å². The summed E-state index contributed by atoms with van der Waals surface area (Å²) in [7, 11) is 5.70. The van der Waals surface area contributed by atoms with Gasteiger partial charge in [-0.25, -0.2) is 9.59 Å². The number of esters is 1. The maximum Gasteiger partial charge on any atom is 0.415 e. The number of H-pyrrole nitrogens is 1. The molecule has 238 valence electrons. The number of alkyl halides is 1. The van der Waals surface area contributed by atoms with Gasteiger partial charge in [0, 0.05) is 42.3 Å². The van der Waals surface area contributed by atoms with Crippen LogP contribution >= 0.6 is 15.9 Å². The number of anilines is 2. The largest absolute Gasteiger partial charge is 0.493 e. The van der Waals surface area contributed by atoms with Gasteiger partial charge in [-0.05, 0) is 37.5 Å². The van der Waals surface area contributed by atoms with Gasteiger partial charge >= 0.3 is 12.1 Å². The van der Waals surface area contributed by atoms with E-state index in [0.717, 1.165) is 12.8 Å². The average Bonchev–Trinajstić information content (AvgIpc) is 3.85.